The van der Waals surface area contributed by atoms with Gasteiger partial charge in [0.15, 0.2) is 0 Å². The average molecular weight is 428 g/mol. The van der Waals surface area contributed by atoms with Gasteiger partial charge in [-0.15, -0.1) is 0 Å². The molecule has 2 amide bonds. The second-order valence-corrected chi connectivity index (χ2v) is 7.70. The number of nitrogens with zero attached hydrogens (tertiary/aromatic N) is 1. The quantitative estimate of drug-likeness (QED) is 0.522. The molecule has 1 aromatic heterocycles. The molecule has 31 heavy (non-hydrogen) atoms. The first kappa shape index (κ1) is 22.6. The number of para-hydroxylation sites is 1. The van der Waals surface area contributed by atoms with E-state index in [-0.39, 0.29) is 18.2 Å². The largest absolute Gasteiger partial charge is 0.460 e. The van der Waals surface area contributed by atoms with Crippen molar-refractivity contribution in [1.82, 2.24) is 9.88 Å². The number of aromatic amines is 1. The van der Waals surface area contributed by atoms with Gasteiger partial charge >= 0.3 is 5.97 Å². The van der Waals surface area contributed by atoms with Crippen molar-refractivity contribution in [2.75, 3.05) is 38.7 Å². The molecule has 2 N–H and O–H groups in total. The van der Waals surface area contributed by atoms with Crippen molar-refractivity contribution in [3.8, 4) is 0 Å². The predicted molar refractivity (Wildman–Crippen MR) is 117 cm³/mol. The Bertz CT molecular complexity index is 989. The zero-order valence-corrected chi connectivity index (χ0v) is 18.5. The van der Waals surface area contributed by atoms with Crippen molar-refractivity contribution >= 4 is 23.5 Å². The number of anilines is 1. The average Bonchev–Trinajstić information content (AvgIpc) is 3.37. The van der Waals surface area contributed by atoms with E-state index >= 15 is 0 Å². The number of carbonyl (C=O) groups excluding carboxylic acids is 3. The Hall–Kier alpha value is -3.13. The second-order valence-electron chi connectivity index (χ2n) is 7.70. The van der Waals surface area contributed by atoms with Crippen molar-refractivity contribution in [2.45, 2.75) is 33.6 Å². The van der Waals surface area contributed by atoms with Crippen molar-refractivity contribution in [3.63, 3.8) is 0 Å². The fourth-order valence-electron chi connectivity index (χ4n) is 3.85. The highest BCUT2D eigenvalue weighted by Crippen LogP contribution is 2.26. The lowest BCUT2D eigenvalue weighted by atomic mass is 10.1. The summed E-state index contributed by atoms with van der Waals surface area (Å²) in [5.41, 5.74) is 3.38. The third-order valence-electron chi connectivity index (χ3n) is 5.52. The number of methoxy groups -OCH3 is 1. The minimum Gasteiger partial charge on any atom is -0.460 e. The van der Waals surface area contributed by atoms with E-state index in [0.717, 1.165) is 31.5 Å². The molecule has 0 atom stereocenters. The Balaban J connectivity index is 1.85. The van der Waals surface area contributed by atoms with Gasteiger partial charge in [0.1, 0.15) is 12.3 Å². The molecule has 0 radical (unpaired) electrons. The number of likely N-dealkylation sites (tertiary alicyclic amines) is 1. The third kappa shape index (κ3) is 4.80. The van der Waals surface area contributed by atoms with Gasteiger partial charge in [0.25, 0.3) is 11.8 Å². The van der Waals surface area contributed by atoms with Crippen LogP contribution in [-0.2, 0) is 9.47 Å². The second kappa shape index (κ2) is 9.78. The number of aryl methyl sites for hydroxylation is 2. The molecule has 8 nitrogen and oxygen atoms in total. The molecule has 1 aliphatic heterocycles. The number of carbonyl (C=O) groups is 3. The Labute approximate surface area is 181 Å². The van der Waals surface area contributed by atoms with Gasteiger partial charge in [0.2, 0.25) is 0 Å². The minimum atomic E-state index is -0.511. The van der Waals surface area contributed by atoms with Gasteiger partial charge in [0, 0.05) is 25.9 Å². The summed E-state index contributed by atoms with van der Waals surface area (Å²) in [7, 11) is 1.53. The molecule has 0 unspecified atom stereocenters. The summed E-state index contributed by atoms with van der Waals surface area (Å²) in [6, 6.07) is 5.39. The Morgan fingerprint density at radius 1 is 1.10 bits per heavy atom. The van der Waals surface area contributed by atoms with E-state index in [0.29, 0.717) is 34.7 Å². The first-order valence-electron chi connectivity index (χ1n) is 10.4. The summed E-state index contributed by atoms with van der Waals surface area (Å²) in [6.45, 7) is 7.14. The van der Waals surface area contributed by atoms with Gasteiger partial charge in [-0.05, 0) is 50.8 Å². The van der Waals surface area contributed by atoms with Crippen molar-refractivity contribution in [2.24, 2.45) is 0 Å². The number of amides is 2. The third-order valence-corrected chi connectivity index (χ3v) is 5.52. The number of aromatic nitrogens is 1. The van der Waals surface area contributed by atoms with E-state index in [1.807, 2.05) is 24.0 Å². The maximum Gasteiger partial charge on any atom is 0.340 e. The van der Waals surface area contributed by atoms with Gasteiger partial charge in [-0.25, -0.2) is 4.79 Å². The van der Waals surface area contributed by atoms with Gasteiger partial charge < -0.3 is 24.7 Å². The summed E-state index contributed by atoms with van der Waals surface area (Å²) in [5.74, 6) is -1.01. The molecule has 3 rings (SSSR count). The molecule has 166 valence electrons. The number of hydrogen-bond donors (Lipinski definition) is 2. The molecular weight excluding hydrogens is 398 g/mol. The smallest absolute Gasteiger partial charge is 0.340 e. The number of hydrogen-bond acceptors (Lipinski definition) is 5. The predicted octanol–water partition coefficient (Wildman–Crippen LogP) is 3.23. The molecule has 1 fully saturated rings. The lowest BCUT2D eigenvalue weighted by Crippen LogP contribution is -2.29. The van der Waals surface area contributed by atoms with Gasteiger partial charge in [-0.3, -0.25) is 9.59 Å². The van der Waals surface area contributed by atoms with E-state index in [1.165, 1.54) is 7.11 Å². The van der Waals surface area contributed by atoms with Crippen LogP contribution in [0.4, 0.5) is 5.69 Å². The van der Waals surface area contributed by atoms with Crippen molar-refractivity contribution in [1.29, 1.82) is 0 Å². The van der Waals surface area contributed by atoms with Crippen LogP contribution >= 0.6 is 0 Å². The molecule has 1 aromatic carbocycles. The number of benzene rings is 1. The molecule has 0 spiro atoms. The van der Waals surface area contributed by atoms with Crippen molar-refractivity contribution < 1.29 is 23.9 Å². The highest BCUT2D eigenvalue weighted by atomic mass is 16.6. The van der Waals surface area contributed by atoms with E-state index in [9.17, 15) is 14.4 Å². The summed E-state index contributed by atoms with van der Waals surface area (Å²) in [5, 5.41) is 2.88. The topological polar surface area (TPSA) is 101 Å². The summed E-state index contributed by atoms with van der Waals surface area (Å²) in [6.07, 6.45) is 1.98. The van der Waals surface area contributed by atoms with Crippen LogP contribution in [0.15, 0.2) is 18.2 Å². The van der Waals surface area contributed by atoms with Crippen molar-refractivity contribution in [3.05, 3.63) is 51.8 Å². The Kier molecular flexibility index (Phi) is 7.12. The normalized spacial score (nSPS) is 13.4. The molecule has 0 aliphatic carbocycles. The van der Waals surface area contributed by atoms with Crippen LogP contribution in [0.2, 0.25) is 0 Å². The van der Waals surface area contributed by atoms with Crippen LogP contribution in [0.3, 0.4) is 0 Å². The van der Waals surface area contributed by atoms with Crippen LogP contribution in [0.25, 0.3) is 0 Å². The van der Waals surface area contributed by atoms with E-state index in [2.05, 4.69) is 10.3 Å². The monoisotopic (exact) mass is 427 g/mol. The van der Waals surface area contributed by atoms with Crippen LogP contribution < -0.4 is 5.32 Å². The fourth-order valence-corrected chi connectivity index (χ4v) is 3.85. The first-order chi connectivity index (χ1) is 14.8. The highest BCUT2D eigenvalue weighted by Gasteiger charge is 2.26. The number of esters is 1. The zero-order valence-electron chi connectivity index (χ0n) is 18.5. The number of H-pyrrole nitrogens is 1. The lowest BCUT2D eigenvalue weighted by molar-refractivity contribution is 0.0386. The summed E-state index contributed by atoms with van der Waals surface area (Å²) < 4.78 is 10.1. The van der Waals surface area contributed by atoms with E-state index in [4.69, 9.17) is 9.47 Å². The summed E-state index contributed by atoms with van der Waals surface area (Å²) >= 11 is 0. The first-order valence-corrected chi connectivity index (χ1v) is 10.4. The molecule has 8 heteroatoms. The maximum atomic E-state index is 13.1. The minimum absolute atomic E-state index is 0.0849. The Morgan fingerprint density at radius 2 is 1.81 bits per heavy atom. The fraction of sp³-hybridized carbons (Fsp3) is 0.435. The molecule has 1 aliphatic rings. The molecular formula is C23H29N3O5. The molecule has 2 aromatic rings. The van der Waals surface area contributed by atoms with Gasteiger partial charge in [-0.1, -0.05) is 12.1 Å². The molecule has 0 saturated carbocycles. The summed E-state index contributed by atoms with van der Waals surface area (Å²) in [4.78, 5) is 43.3. The van der Waals surface area contributed by atoms with E-state index < -0.39 is 11.9 Å². The van der Waals surface area contributed by atoms with Gasteiger partial charge in [0.05, 0.1) is 23.4 Å². The number of nitrogens with one attached hydrogen (secondary N) is 2. The van der Waals surface area contributed by atoms with Gasteiger partial charge in [-0.2, -0.15) is 0 Å². The van der Waals surface area contributed by atoms with Crippen LogP contribution in [-0.4, -0.2) is 61.1 Å². The molecule has 0 bridgehead atoms. The highest BCUT2D eigenvalue weighted by molar-refractivity contribution is 6.10. The van der Waals surface area contributed by atoms with Crippen LogP contribution in [0, 0.1) is 20.8 Å². The number of rotatable bonds is 7. The lowest BCUT2D eigenvalue weighted by Gasteiger charge is -2.19. The van der Waals surface area contributed by atoms with E-state index in [1.54, 1.807) is 19.9 Å². The molecule has 2 heterocycles. The molecule has 1 saturated heterocycles. The van der Waals surface area contributed by atoms with Crippen LogP contribution in [0.1, 0.15) is 60.9 Å². The zero-order chi connectivity index (χ0) is 22.5. The maximum absolute atomic E-state index is 13.1. The van der Waals surface area contributed by atoms with Crippen LogP contribution in [0.5, 0.6) is 0 Å². The standard InChI is InChI=1S/C23H29N3O5/c1-14-8-7-9-17(22(28)26-10-5-6-11-26)19(14)25-21(27)20-15(2)18(16(3)24-20)23(29)31-13-12-30-4/h7-9,24H,5-6,10-13H2,1-4H3,(H,25,27). The number of ether oxygens (including phenoxy) is 2. The Morgan fingerprint density at radius 3 is 2.48 bits per heavy atom. The SMILES string of the molecule is COCCOC(=O)c1c(C)[nH]c(C(=O)Nc2c(C)cccc2C(=O)N2CCCC2)c1C.